The first kappa shape index (κ1) is 15.5. The van der Waals surface area contributed by atoms with Crippen molar-refractivity contribution in [3.05, 3.63) is 22.8 Å². The van der Waals surface area contributed by atoms with Crippen LogP contribution in [-0.4, -0.2) is 73.3 Å². The SMILES string of the molecule is CN(C)CCN1CCN(c2ncc(CO)cc2Cl)CC1. The van der Waals surface area contributed by atoms with Crippen LogP contribution in [-0.2, 0) is 6.61 Å². The Balaban J connectivity index is 1.90. The smallest absolute Gasteiger partial charge is 0.147 e. The first-order valence-corrected chi connectivity index (χ1v) is 7.35. The topological polar surface area (TPSA) is 42.8 Å². The van der Waals surface area contributed by atoms with E-state index >= 15 is 0 Å². The molecule has 1 saturated heterocycles. The molecule has 1 aromatic heterocycles. The van der Waals surface area contributed by atoms with Gasteiger partial charge >= 0.3 is 0 Å². The minimum Gasteiger partial charge on any atom is -0.392 e. The van der Waals surface area contributed by atoms with E-state index in [9.17, 15) is 0 Å². The van der Waals surface area contributed by atoms with Gasteiger partial charge in [0.1, 0.15) is 5.82 Å². The molecular formula is C14H23ClN4O. The van der Waals surface area contributed by atoms with Gasteiger partial charge in [0.05, 0.1) is 11.6 Å². The molecule has 1 aromatic rings. The minimum absolute atomic E-state index is 0.0225. The van der Waals surface area contributed by atoms with Crippen molar-refractivity contribution in [1.82, 2.24) is 14.8 Å². The molecular weight excluding hydrogens is 276 g/mol. The normalized spacial score (nSPS) is 16.9. The number of rotatable bonds is 5. The van der Waals surface area contributed by atoms with Gasteiger partial charge in [-0.3, -0.25) is 4.90 Å². The second kappa shape index (κ2) is 7.22. The molecule has 1 aliphatic rings. The van der Waals surface area contributed by atoms with Crippen LogP contribution in [0.5, 0.6) is 0 Å². The standard InChI is InChI=1S/C14H23ClN4O/c1-17(2)3-4-18-5-7-19(8-6-18)14-13(15)9-12(11-20)10-16-14/h9-10,20H,3-8,11H2,1-2H3. The van der Waals surface area contributed by atoms with Gasteiger partial charge in [-0.2, -0.15) is 0 Å². The number of anilines is 1. The Morgan fingerprint density at radius 3 is 2.55 bits per heavy atom. The summed E-state index contributed by atoms with van der Waals surface area (Å²) in [5, 5.41) is 9.70. The summed E-state index contributed by atoms with van der Waals surface area (Å²) in [6.45, 7) is 6.12. The van der Waals surface area contributed by atoms with Gasteiger partial charge in [-0.15, -0.1) is 0 Å². The molecule has 6 heteroatoms. The molecule has 0 spiro atoms. The second-order valence-corrected chi connectivity index (χ2v) is 5.85. The Morgan fingerprint density at radius 1 is 1.30 bits per heavy atom. The van der Waals surface area contributed by atoms with Crippen molar-refractivity contribution in [2.45, 2.75) is 6.61 Å². The first-order chi connectivity index (χ1) is 9.60. The Labute approximate surface area is 125 Å². The molecule has 0 aliphatic carbocycles. The third-order valence-corrected chi connectivity index (χ3v) is 3.87. The molecule has 1 aliphatic heterocycles. The minimum atomic E-state index is -0.0225. The molecule has 5 nitrogen and oxygen atoms in total. The number of pyridine rings is 1. The van der Waals surface area contributed by atoms with E-state index in [1.54, 1.807) is 12.3 Å². The van der Waals surface area contributed by atoms with Crippen molar-refractivity contribution in [1.29, 1.82) is 0 Å². The number of aromatic nitrogens is 1. The second-order valence-electron chi connectivity index (χ2n) is 5.44. The van der Waals surface area contributed by atoms with Crippen molar-refractivity contribution in [2.24, 2.45) is 0 Å². The molecule has 1 fully saturated rings. The highest BCUT2D eigenvalue weighted by molar-refractivity contribution is 6.33. The van der Waals surface area contributed by atoms with Crippen LogP contribution in [0.4, 0.5) is 5.82 Å². The third-order valence-electron chi connectivity index (χ3n) is 3.60. The van der Waals surface area contributed by atoms with E-state index in [0.717, 1.165) is 50.6 Å². The van der Waals surface area contributed by atoms with Crippen molar-refractivity contribution >= 4 is 17.4 Å². The van der Waals surface area contributed by atoms with Gasteiger partial charge in [0.15, 0.2) is 0 Å². The molecule has 0 amide bonds. The maximum atomic E-state index is 9.08. The molecule has 20 heavy (non-hydrogen) atoms. The van der Waals surface area contributed by atoms with Crippen LogP contribution in [0.2, 0.25) is 5.02 Å². The first-order valence-electron chi connectivity index (χ1n) is 6.97. The lowest BCUT2D eigenvalue weighted by atomic mass is 10.2. The molecule has 1 N–H and O–H groups in total. The predicted octanol–water partition coefficient (Wildman–Crippen LogP) is 0.911. The van der Waals surface area contributed by atoms with Gasteiger partial charge in [0.25, 0.3) is 0 Å². The Bertz CT molecular complexity index is 433. The lowest BCUT2D eigenvalue weighted by Gasteiger charge is -2.36. The van der Waals surface area contributed by atoms with Crippen molar-refractivity contribution in [2.75, 3.05) is 58.3 Å². The summed E-state index contributed by atoms with van der Waals surface area (Å²) in [6.07, 6.45) is 1.69. The average Bonchev–Trinajstić information content (AvgIpc) is 2.45. The quantitative estimate of drug-likeness (QED) is 0.875. The largest absolute Gasteiger partial charge is 0.392 e. The van der Waals surface area contributed by atoms with Gasteiger partial charge < -0.3 is 14.9 Å². The van der Waals surface area contributed by atoms with Gasteiger partial charge in [0.2, 0.25) is 0 Å². The van der Waals surface area contributed by atoms with Crippen molar-refractivity contribution in [3.63, 3.8) is 0 Å². The van der Waals surface area contributed by atoms with E-state index in [2.05, 4.69) is 33.8 Å². The molecule has 2 rings (SSSR count). The average molecular weight is 299 g/mol. The Kier molecular flexibility index (Phi) is 5.60. The Hall–Kier alpha value is -0.880. The highest BCUT2D eigenvalue weighted by Gasteiger charge is 2.19. The summed E-state index contributed by atoms with van der Waals surface area (Å²) >= 11 is 6.25. The number of aliphatic hydroxyl groups excluding tert-OH is 1. The zero-order valence-electron chi connectivity index (χ0n) is 12.2. The summed E-state index contributed by atoms with van der Waals surface area (Å²) in [4.78, 5) is 11.3. The number of hydrogen-bond donors (Lipinski definition) is 1. The fourth-order valence-corrected chi connectivity index (χ4v) is 2.62. The molecule has 0 radical (unpaired) electrons. The van der Waals surface area contributed by atoms with Crippen molar-refractivity contribution < 1.29 is 5.11 Å². The summed E-state index contributed by atoms with van der Waals surface area (Å²) in [5.41, 5.74) is 0.753. The number of hydrogen-bond acceptors (Lipinski definition) is 5. The number of halogens is 1. The Morgan fingerprint density at radius 2 is 2.00 bits per heavy atom. The van der Waals surface area contributed by atoms with Crippen LogP contribution >= 0.6 is 11.6 Å². The van der Waals surface area contributed by atoms with Crippen LogP contribution in [0.15, 0.2) is 12.3 Å². The zero-order valence-corrected chi connectivity index (χ0v) is 13.0. The van der Waals surface area contributed by atoms with Gasteiger partial charge in [-0.25, -0.2) is 4.98 Å². The van der Waals surface area contributed by atoms with Crippen LogP contribution < -0.4 is 4.90 Å². The fourth-order valence-electron chi connectivity index (χ4n) is 2.31. The fraction of sp³-hybridized carbons (Fsp3) is 0.643. The third kappa shape index (κ3) is 4.06. The van der Waals surface area contributed by atoms with Gasteiger partial charge in [0, 0.05) is 45.5 Å². The monoisotopic (exact) mass is 298 g/mol. The van der Waals surface area contributed by atoms with Crippen LogP contribution in [0.25, 0.3) is 0 Å². The highest BCUT2D eigenvalue weighted by Crippen LogP contribution is 2.25. The molecule has 0 saturated carbocycles. The predicted molar refractivity (Wildman–Crippen MR) is 82.4 cm³/mol. The molecule has 112 valence electrons. The molecule has 2 heterocycles. The van der Waals surface area contributed by atoms with E-state index < -0.39 is 0 Å². The highest BCUT2D eigenvalue weighted by atomic mass is 35.5. The van der Waals surface area contributed by atoms with E-state index in [1.807, 2.05) is 0 Å². The van der Waals surface area contributed by atoms with E-state index in [0.29, 0.717) is 5.02 Å². The van der Waals surface area contributed by atoms with E-state index in [4.69, 9.17) is 16.7 Å². The van der Waals surface area contributed by atoms with E-state index in [1.165, 1.54) is 0 Å². The van der Waals surface area contributed by atoms with Crippen LogP contribution in [0, 0.1) is 0 Å². The van der Waals surface area contributed by atoms with Gasteiger partial charge in [-0.05, 0) is 25.7 Å². The van der Waals surface area contributed by atoms with Crippen LogP contribution in [0.1, 0.15) is 5.56 Å². The van der Waals surface area contributed by atoms with Crippen molar-refractivity contribution in [3.8, 4) is 0 Å². The number of piperazine rings is 1. The summed E-state index contributed by atoms with van der Waals surface area (Å²) < 4.78 is 0. The number of nitrogens with zero attached hydrogens (tertiary/aromatic N) is 4. The zero-order chi connectivity index (χ0) is 14.5. The number of aliphatic hydroxyl groups is 1. The van der Waals surface area contributed by atoms with Crippen LogP contribution in [0.3, 0.4) is 0 Å². The summed E-state index contributed by atoms with van der Waals surface area (Å²) in [5.74, 6) is 0.830. The summed E-state index contributed by atoms with van der Waals surface area (Å²) in [6, 6.07) is 1.79. The molecule has 0 atom stereocenters. The lowest BCUT2D eigenvalue weighted by molar-refractivity contribution is 0.229. The lowest BCUT2D eigenvalue weighted by Crippen LogP contribution is -2.48. The molecule has 0 aromatic carbocycles. The molecule has 0 bridgehead atoms. The van der Waals surface area contributed by atoms with Gasteiger partial charge in [-0.1, -0.05) is 11.6 Å². The number of likely N-dealkylation sites (N-methyl/N-ethyl adjacent to an activating group) is 1. The molecule has 0 unspecified atom stereocenters. The summed E-state index contributed by atoms with van der Waals surface area (Å²) in [7, 11) is 4.20. The van der Waals surface area contributed by atoms with E-state index in [-0.39, 0.29) is 6.61 Å². The maximum absolute atomic E-state index is 9.08. The maximum Gasteiger partial charge on any atom is 0.147 e.